The van der Waals surface area contributed by atoms with Gasteiger partial charge >= 0.3 is 0 Å². The van der Waals surface area contributed by atoms with Crippen LogP contribution < -0.4 is 15.5 Å². The Morgan fingerprint density at radius 2 is 2.28 bits per heavy atom. The average molecular weight is 244 g/mol. The highest BCUT2D eigenvalue weighted by atomic mass is 15.2. The molecule has 3 N–H and O–H groups in total. The first kappa shape index (κ1) is 11.0. The lowest BCUT2D eigenvalue weighted by atomic mass is 10.2. The molecule has 0 bridgehead atoms. The Morgan fingerprint density at radius 3 is 2.94 bits per heavy atom. The molecule has 1 aliphatic heterocycles. The van der Waals surface area contributed by atoms with Crippen LogP contribution in [0.1, 0.15) is 0 Å². The lowest BCUT2D eigenvalue weighted by Gasteiger charge is -2.28. The van der Waals surface area contributed by atoms with Gasteiger partial charge in [-0.05, 0) is 12.1 Å². The lowest BCUT2D eigenvalue weighted by molar-refractivity contribution is 0.471. The molecular formula is C12H16N6. The van der Waals surface area contributed by atoms with E-state index in [4.69, 9.17) is 0 Å². The second-order valence-electron chi connectivity index (χ2n) is 4.38. The number of aromatic nitrogens is 3. The minimum atomic E-state index is 0.476. The van der Waals surface area contributed by atoms with Gasteiger partial charge in [0.05, 0.1) is 6.04 Å². The van der Waals surface area contributed by atoms with Crippen LogP contribution in [0.3, 0.4) is 0 Å². The first-order valence-corrected chi connectivity index (χ1v) is 5.99. The molecule has 3 heterocycles. The van der Waals surface area contributed by atoms with Gasteiger partial charge in [0.15, 0.2) is 0 Å². The number of nitrogens with zero attached hydrogens (tertiary/aromatic N) is 3. The molecule has 0 amide bonds. The lowest BCUT2D eigenvalue weighted by Crippen LogP contribution is -2.51. The molecule has 0 aromatic carbocycles. The molecule has 0 spiro atoms. The quantitative estimate of drug-likeness (QED) is 0.747. The number of nitrogens with one attached hydrogen (secondary N) is 3. The molecule has 3 rings (SSSR count). The molecule has 1 fully saturated rings. The fraction of sp³-hybridized carbons (Fsp3) is 0.333. The fourth-order valence-corrected chi connectivity index (χ4v) is 1.86. The molecule has 0 atom stereocenters. The fourth-order valence-electron chi connectivity index (χ4n) is 1.86. The van der Waals surface area contributed by atoms with Crippen molar-refractivity contribution in [3.63, 3.8) is 0 Å². The number of hydrogen-bond acceptors (Lipinski definition) is 5. The van der Waals surface area contributed by atoms with Gasteiger partial charge in [0.2, 0.25) is 0 Å². The number of hydrogen-bond donors (Lipinski definition) is 3. The molecule has 2 aromatic heterocycles. The van der Waals surface area contributed by atoms with Crippen molar-refractivity contribution in [3.8, 4) is 0 Å². The summed E-state index contributed by atoms with van der Waals surface area (Å²) >= 11 is 0. The van der Waals surface area contributed by atoms with Gasteiger partial charge in [0.25, 0.3) is 0 Å². The summed E-state index contributed by atoms with van der Waals surface area (Å²) in [7, 11) is 1.98. The van der Waals surface area contributed by atoms with Crippen LogP contribution in [-0.4, -0.2) is 41.1 Å². The van der Waals surface area contributed by atoms with Gasteiger partial charge in [-0.2, -0.15) is 0 Å². The number of H-pyrrole nitrogens is 1. The van der Waals surface area contributed by atoms with Gasteiger partial charge in [-0.3, -0.25) is 0 Å². The maximum absolute atomic E-state index is 4.29. The van der Waals surface area contributed by atoms with E-state index < -0.39 is 0 Å². The van der Waals surface area contributed by atoms with Crippen LogP contribution in [0.2, 0.25) is 0 Å². The molecule has 2 aromatic rings. The molecule has 0 radical (unpaired) electrons. The predicted octanol–water partition coefficient (Wildman–Crippen LogP) is 0.956. The van der Waals surface area contributed by atoms with Gasteiger partial charge in [-0.15, -0.1) is 0 Å². The standard InChI is InChI=1S/C12H16N6/c1-18(11-3-2-4-14-11)12-5-10(15-8-16-12)17-9-6-13-7-9/h2-5,8-9,13-14H,6-7H2,1H3,(H,15,16,17). The molecule has 94 valence electrons. The van der Waals surface area contributed by atoms with Crippen LogP contribution in [0.15, 0.2) is 30.7 Å². The summed E-state index contributed by atoms with van der Waals surface area (Å²) in [6, 6.07) is 6.40. The second kappa shape index (κ2) is 4.66. The Kier molecular flexibility index (Phi) is 2.85. The topological polar surface area (TPSA) is 68.9 Å². The summed E-state index contributed by atoms with van der Waals surface area (Å²) in [5.74, 6) is 2.73. The molecule has 1 aliphatic rings. The van der Waals surface area contributed by atoms with Crippen molar-refractivity contribution in [1.82, 2.24) is 20.3 Å². The first-order valence-electron chi connectivity index (χ1n) is 5.99. The van der Waals surface area contributed by atoms with Crippen molar-refractivity contribution in [2.24, 2.45) is 0 Å². The minimum Gasteiger partial charge on any atom is -0.365 e. The third-order valence-corrected chi connectivity index (χ3v) is 3.07. The van der Waals surface area contributed by atoms with Gasteiger partial charge in [0, 0.05) is 32.4 Å². The molecule has 6 heteroatoms. The second-order valence-corrected chi connectivity index (χ2v) is 4.38. The molecular weight excluding hydrogens is 228 g/mol. The molecule has 0 unspecified atom stereocenters. The maximum atomic E-state index is 4.29. The zero-order chi connectivity index (χ0) is 12.4. The number of anilines is 3. The van der Waals surface area contributed by atoms with Crippen molar-refractivity contribution in [3.05, 3.63) is 30.7 Å². The Balaban J connectivity index is 1.77. The summed E-state index contributed by atoms with van der Waals surface area (Å²) in [4.78, 5) is 13.7. The van der Waals surface area contributed by atoms with E-state index in [0.29, 0.717) is 6.04 Å². The van der Waals surface area contributed by atoms with Crippen LogP contribution in [0.5, 0.6) is 0 Å². The van der Waals surface area contributed by atoms with Crippen molar-refractivity contribution >= 4 is 17.5 Å². The maximum Gasteiger partial charge on any atom is 0.139 e. The van der Waals surface area contributed by atoms with Crippen molar-refractivity contribution in [2.45, 2.75) is 6.04 Å². The van der Waals surface area contributed by atoms with Crippen molar-refractivity contribution in [1.29, 1.82) is 0 Å². The van der Waals surface area contributed by atoms with E-state index in [1.807, 2.05) is 36.3 Å². The largest absolute Gasteiger partial charge is 0.365 e. The van der Waals surface area contributed by atoms with Gasteiger partial charge in [-0.25, -0.2) is 9.97 Å². The van der Waals surface area contributed by atoms with Crippen molar-refractivity contribution in [2.75, 3.05) is 30.4 Å². The van der Waals surface area contributed by atoms with Crippen LogP contribution >= 0.6 is 0 Å². The Hall–Kier alpha value is -2.08. The van der Waals surface area contributed by atoms with Gasteiger partial charge < -0.3 is 20.5 Å². The molecule has 0 saturated carbocycles. The molecule has 1 saturated heterocycles. The van der Waals surface area contributed by atoms with E-state index in [1.165, 1.54) is 0 Å². The third-order valence-electron chi connectivity index (χ3n) is 3.07. The third kappa shape index (κ3) is 2.14. The highest BCUT2D eigenvalue weighted by Crippen LogP contribution is 2.21. The van der Waals surface area contributed by atoms with Gasteiger partial charge in [-0.1, -0.05) is 0 Å². The average Bonchev–Trinajstić information content (AvgIpc) is 2.87. The zero-order valence-corrected chi connectivity index (χ0v) is 10.2. The first-order chi connectivity index (χ1) is 8.83. The minimum absolute atomic E-state index is 0.476. The molecule has 6 nitrogen and oxygen atoms in total. The highest BCUT2D eigenvalue weighted by Gasteiger charge is 2.17. The van der Waals surface area contributed by atoms with Crippen LogP contribution in [0.25, 0.3) is 0 Å². The Labute approximate surface area is 105 Å². The van der Waals surface area contributed by atoms with E-state index in [1.54, 1.807) is 6.33 Å². The SMILES string of the molecule is CN(c1cc(NC2CNC2)ncn1)c1ccc[nH]1. The van der Waals surface area contributed by atoms with Crippen LogP contribution in [-0.2, 0) is 0 Å². The van der Waals surface area contributed by atoms with E-state index in [-0.39, 0.29) is 0 Å². The Morgan fingerprint density at radius 1 is 1.39 bits per heavy atom. The molecule has 18 heavy (non-hydrogen) atoms. The molecule has 0 aliphatic carbocycles. The van der Waals surface area contributed by atoms with E-state index in [0.717, 1.165) is 30.5 Å². The summed E-state index contributed by atoms with van der Waals surface area (Å²) in [5.41, 5.74) is 0. The van der Waals surface area contributed by atoms with Crippen LogP contribution in [0, 0.1) is 0 Å². The Bertz CT molecular complexity index is 505. The summed E-state index contributed by atoms with van der Waals surface area (Å²) < 4.78 is 0. The number of rotatable bonds is 4. The monoisotopic (exact) mass is 244 g/mol. The predicted molar refractivity (Wildman–Crippen MR) is 71.2 cm³/mol. The summed E-state index contributed by atoms with van der Waals surface area (Å²) in [6.45, 7) is 1.98. The van der Waals surface area contributed by atoms with Crippen molar-refractivity contribution < 1.29 is 0 Å². The summed E-state index contributed by atoms with van der Waals surface area (Å²) in [5, 5.41) is 6.59. The van der Waals surface area contributed by atoms with Gasteiger partial charge in [0.1, 0.15) is 23.8 Å². The van der Waals surface area contributed by atoms with E-state index in [9.17, 15) is 0 Å². The highest BCUT2D eigenvalue weighted by molar-refractivity contribution is 5.58. The number of aromatic amines is 1. The van der Waals surface area contributed by atoms with Crippen LogP contribution in [0.4, 0.5) is 17.5 Å². The normalized spacial score (nSPS) is 15.2. The zero-order valence-electron chi connectivity index (χ0n) is 10.2. The van der Waals surface area contributed by atoms with E-state index in [2.05, 4.69) is 25.6 Å². The smallest absolute Gasteiger partial charge is 0.139 e. The van der Waals surface area contributed by atoms with E-state index >= 15 is 0 Å². The summed E-state index contributed by atoms with van der Waals surface area (Å²) in [6.07, 6.45) is 3.48.